The van der Waals surface area contributed by atoms with Gasteiger partial charge in [0.2, 0.25) is 0 Å². The van der Waals surface area contributed by atoms with Gasteiger partial charge in [0, 0.05) is 16.9 Å². The Balaban J connectivity index is 1.93. The molecule has 0 amide bonds. The van der Waals surface area contributed by atoms with Gasteiger partial charge in [0.15, 0.2) is 0 Å². The third-order valence-corrected chi connectivity index (χ3v) is 5.81. The average Bonchev–Trinajstić information content (AvgIpc) is 2.61. The third kappa shape index (κ3) is 2.07. The van der Waals surface area contributed by atoms with Crippen molar-refractivity contribution in [2.24, 2.45) is 5.92 Å². The normalized spacial score (nSPS) is 23.8. The van der Waals surface area contributed by atoms with Crippen molar-refractivity contribution in [1.29, 1.82) is 0 Å². The van der Waals surface area contributed by atoms with E-state index < -0.39 is 0 Å². The SMILES string of the molecule is CCc1ccc2c(c1)C(C)(C)[C@H]1COc3ccccc3[C@H]1N2OC. The van der Waals surface area contributed by atoms with E-state index in [1.165, 1.54) is 22.4 Å². The van der Waals surface area contributed by atoms with Gasteiger partial charge in [-0.2, -0.15) is 0 Å². The summed E-state index contributed by atoms with van der Waals surface area (Å²) in [5.41, 5.74) is 5.14. The zero-order valence-corrected chi connectivity index (χ0v) is 14.9. The Morgan fingerprint density at radius 3 is 2.75 bits per heavy atom. The maximum Gasteiger partial charge on any atom is 0.124 e. The highest BCUT2D eigenvalue weighted by atomic mass is 16.7. The summed E-state index contributed by atoms with van der Waals surface area (Å²) in [6.07, 6.45) is 1.05. The zero-order chi connectivity index (χ0) is 16.9. The maximum atomic E-state index is 6.11. The molecule has 0 saturated carbocycles. The summed E-state index contributed by atoms with van der Waals surface area (Å²) in [7, 11) is 1.77. The maximum absolute atomic E-state index is 6.11. The first-order chi connectivity index (χ1) is 11.6. The first-order valence-electron chi connectivity index (χ1n) is 8.76. The van der Waals surface area contributed by atoms with E-state index >= 15 is 0 Å². The van der Waals surface area contributed by atoms with Crippen LogP contribution in [-0.4, -0.2) is 13.7 Å². The predicted molar refractivity (Wildman–Crippen MR) is 96.5 cm³/mol. The smallest absolute Gasteiger partial charge is 0.124 e. The molecule has 0 aromatic heterocycles. The summed E-state index contributed by atoms with van der Waals surface area (Å²) in [6, 6.07) is 15.3. The Labute approximate surface area is 144 Å². The molecule has 24 heavy (non-hydrogen) atoms. The van der Waals surface area contributed by atoms with E-state index in [9.17, 15) is 0 Å². The first kappa shape index (κ1) is 15.5. The predicted octanol–water partition coefficient (Wildman–Crippen LogP) is 4.66. The van der Waals surface area contributed by atoms with Crippen molar-refractivity contribution in [3.05, 3.63) is 59.2 Å². The van der Waals surface area contributed by atoms with Gasteiger partial charge in [0.25, 0.3) is 0 Å². The molecular formula is C21H25NO2. The van der Waals surface area contributed by atoms with Crippen LogP contribution in [0.2, 0.25) is 0 Å². The molecule has 2 heterocycles. The molecule has 0 fully saturated rings. The van der Waals surface area contributed by atoms with Crippen LogP contribution in [0.5, 0.6) is 5.75 Å². The van der Waals surface area contributed by atoms with Gasteiger partial charge >= 0.3 is 0 Å². The topological polar surface area (TPSA) is 21.7 Å². The third-order valence-electron chi connectivity index (χ3n) is 5.81. The number of hydrogen-bond acceptors (Lipinski definition) is 3. The zero-order valence-electron chi connectivity index (χ0n) is 14.9. The monoisotopic (exact) mass is 323 g/mol. The Bertz CT molecular complexity index is 768. The van der Waals surface area contributed by atoms with Crippen molar-refractivity contribution < 1.29 is 9.57 Å². The van der Waals surface area contributed by atoms with E-state index in [-0.39, 0.29) is 11.5 Å². The number of rotatable bonds is 2. The highest BCUT2D eigenvalue weighted by Gasteiger charge is 2.50. The van der Waals surface area contributed by atoms with Crippen molar-refractivity contribution in [2.45, 2.75) is 38.6 Å². The van der Waals surface area contributed by atoms with E-state index in [1.54, 1.807) is 7.11 Å². The molecule has 3 nitrogen and oxygen atoms in total. The molecule has 0 saturated heterocycles. The summed E-state index contributed by atoms with van der Waals surface area (Å²) < 4.78 is 6.11. The van der Waals surface area contributed by atoms with Crippen LogP contribution in [-0.2, 0) is 16.7 Å². The molecule has 0 aliphatic carbocycles. The first-order valence-corrected chi connectivity index (χ1v) is 8.76. The molecule has 2 aliphatic rings. The Kier molecular flexibility index (Phi) is 3.57. The van der Waals surface area contributed by atoms with E-state index in [2.05, 4.69) is 62.2 Å². The summed E-state index contributed by atoms with van der Waals surface area (Å²) in [5, 5.41) is 2.09. The molecule has 3 heteroatoms. The molecular weight excluding hydrogens is 298 g/mol. The highest BCUT2D eigenvalue weighted by Crippen LogP contribution is 2.55. The van der Waals surface area contributed by atoms with Gasteiger partial charge in [-0.25, -0.2) is 5.06 Å². The van der Waals surface area contributed by atoms with Crippen LogP contribution >= 0.6 is 0 Å². The molecule has 0 unspecified atom stereocenters. The van der Waals surface area contributed by atoms with Gasteiger partial charge in [-0.05, 0) is 29.7 Å². The van der Waals surface area contributed by atoms with Crippen molar-refractivity contribution in [3.63, 3.8) is 0 Å². The fraction of sp³-hybridized carbons (Fsp3) is 0.429. The van der Waals surface area contributed by atoms with Crippen molar-refractivity contribution in [3.8, 4) is 5.75 Å². The summed E-state index contributed by atoms with van der Waals surface area (Å²) >= 11 is 0. The lowest BCUT2D eigenvalue weighted by Gasteiger charge is -2.52. The lowest BCUT2D eigenvalue weighted by atomic mass is 9.65. The lowest BCUT2D eigenvalue weighted by molar-refractivity contribution is 0.0441. The number of hydrogen-bond donors (Lipinski definition) is 0. The van der Waals surface area contributed by atoms with E-state index in [0.29, 0.717) is 12.5 Å². The van der Waals surface area contributed by atoms with Crippen molar-refractivity contribution in [2.75, 3.05) is 18.8 Å². The Hall–Kier alpha value is -2.00. The Morgan fingerprint density at radius 2 is 2.00 bits per heavy atom. The van der Waals surface area contributed by atoms with Gasteiger partial charge in [0.05, 0.1) is 25.4 Å². The highest BCUT2D eigenvalue weighted by molar-refractivity contribution is 5.62. The molecule has 0 N–H and O–H groups in total. The van der Waals surface area contributed by atoms with Crippen LogP contribution in [0.15, 0.2) is 42.5 Å². The van der Waals surface area contributed by atoms with Crippen molar-refractivity contribution >= 4 is 5.69 Å². The number of ether oxygens (including phenoxy) is 1. The molecule has 4 rings (SSSR count). The van der Waals surface area contributed by atoms with E-state index in [1.807, 2.05) is 6.07 Å². The minimum absolute atomic E-state index is 0.0216. The molecule has 2 aliphatic heterocycles. The lowest BCUT2D eigenvalue weighted by Crippen LogP contribution is -2.51. The number of anilines is 1. The summed E-state index contributed by atoms with van der Waals surface area (Å²) in [5.74, 6) is 1.32. The largest absolute Gasteiger partial charge is 0.493 e. The van der Waals surface area contributed by atoms with Crippen LogP contribution in [0, 0.1) is 5.92 Å². The number of benzene rings is 2. The fourth-order valence-electron chi connectivity index (χ4n) is 4.31. The van der Waals surface area contributed by atoms with Crippen molar-refractivity contribution in [1.82, 2.24) is 0 Å². The number of para-hydroxylation sites is 1. The molecule has 0 radical (unpaired) electrons. The minimum Gasteiger partial charge on any atom is -0.493 e. The van der Waals surface area contributed by atoms with Crippen LogP contribution in [0.25, 0.3) is 0 Å². The number of aryl methyl sites for hydroxylation is 1. The Morgan fingerprint density at radius 1 is 1.21 bits per heavy atom. The minimum atomic E-state index is 0.0216. The van der Waals surface area contributed by atoms with Gasteiger partial charge in [-0.3, -0.25) is 4.84 Å². The molecule has 2 atom stereocenters. The van der Waals surface area contributed by atoms with Gasteiger partial charge < -0.3 is 4.74 Å². The number of hydroxylamine groups is 1. The summed E-state index contributed by atoms with van der Waals surface area (Å²) in [6.45, 7) is 7.60. The molecule has 2 aromatic carbocycles. The standard InChI is InChI=1S/C21H25NO2/c1-5-14-10-11-18-16(12-14)21(2,3)17-13-24-19-9-7-6-8-15(19)20(17)22(18)23-4/h6-12,17,20H,5,13H2,1-4H3/t17-,20+/m0/s1. The number of nitrogens with zero attached hydrogens (tertiary/aromatic N) is 1. The van der Waals surface area contributed by atoms with Gasteiger partial charge in [0.1, 0.15) is 5.75 Å². The van der Waals surface area contributed by atoms with Crippen LogP contribution in [0.4, 0.5) is 5.69 Å². The van der Waals surface area contributed by atoms with Crippen LogP contribution in [0.1, 0.15) is 43.5 Å². The van der Waals surface area contributed by atoms with Crippen LogP contribution in [0.3, 0.4) is 0 Å². The summed E-state index contributed by atoms with van der Waals surface area (Å²) in [4.78, 5) is 5.89. The quantitative estimate of drug-likeness (QED) is 0.802. The second-order valence-corrected chi connectivity index (χ2v) is 7.34. The van der Waals surface area contributed by atoms with Gasteiger partial charge in [-0.15, -0.1) is 0 Å². The van der Waals surface area contributed by atoms with E-state index in [0.717, 1.165) is 12.2 Å². The van der Waals surface area contributed by atoms with Gasteiger partial charge in [-0.1, -0.05) is 51.1 Å². The van der Waals surface area contributed by atoms with E-state index in [4.69, 9.17) is 9.57 Å². The average molecular weight is 323 g/mol. The fourth-order valence-corrected chi connectivity index (χ4v) is 4.31. The molecule has 0 bridgehead atoms. The van der Waals surface area contributed by atoms with Crippen LogP contribution < -0.4 is 9.80 Å². The number of fused-ring (bicyclic) bond motifs is 4. The second-order valence-electron chi connectivity index (χ2n) is 7.34. The molecule has 2 aromatic rings. The molecule has 0 spiro atoms. The molecule has 126 valence electrons. The second kappa shape index (κ2) is 5.52.